The number of hydrogen-bond acceptors (Lipinski definition) is 3. The van der Waals surface area contributed by atoms with Crippen LogP contribution in [0.25, 0.3) is 11.1 Å². The normalized spacial score (nSPS) is 18.6. The first-order valence-corrected chi connectivity index (χ1v) is 6.97. The Bertz CT molecular complexity index is 587. The van der Waals surface area contributed by atoms with Crippen molar-refractivity contribution in [3.05, 3.63) is 60.2 Å². The zero-order chi connectivity index (χ0) is 13.8. The fourth-order valence-electron chi connectivity index (χ4n) is 2.76. The second-order valence-corrected chi connectivity index (χ2v) is 5.14. The molecule has 0 bridgehead atoms. The molecular formula is C17H19NO2. The standard InChI is InChI=1S/C17H19NO2/c1-19-18-17-7-5-13(6-8-17)14-3-2-4-15(11-14)16-9-10-20-12-16/h2-4,7,9-13,18H,5-6,8H2,1H3. The predicted octanol–water partition coefficient (Wildman–Crippen LogP) is 4.25. The quantitative estimate of drug-likeness (QED) is 0.843. The van der Waals surface area contributed by atoms with Crippen LogP contribution in [0.15, 0.2) is 59.0 Å². The summed E-state index contributed by atoms with van der Waals surface area (Å²) in [5.41, 5.74) is 7.89. The van der Waals surface area contributed by atoms with Crippen molar-refractivity contribution in [1.29, 1.82) is 0 Å². The van der Waals surface area contributed by atoms with E-state index < -0.39 is 0 Å². The summed E-state index contributed by atoms with van der Waals surface area (Å²) in [6, 6.07) is 10.8. The van der Waals surface area contributed by atoms with Gasteiger partial charge >= 0.3 is 0 Å². The first kappa shape index (κ1) is 13.0. The maximum absolute atomic E-state index is 5.16. The van der Waals surface area contributed by atoms with Crippen LogP contribution >= 0.6 is 0 Å². The van der Waals surface area contributed by atoms with Gasteiger partial charge in [0.05, 0.1) is 19.6 Å². The zero-order valence-electron chi connectivity index (χ0n) is 11.6. The van der Waals surface area contributed by atoms with E-state index in [1.165, 1.54) is 16.8 Å². The van der Waals surface area contributed by atoms with Crippen molar-refractivity contribution < 1.29 is 9.25 Å². The van der Waals surface area contributed by atoms with Crippen LogP contribution in [0.1, 0.15) is 30.7 Å². The molecule has 1 aromatic carbocycles. The lowest BCUT2D eigenvalue weighted by Crippen LogP contribution is -2.15. The molecule has 0 spiro atoms. The molecule has 1 N–H and O–H groups in total. The van der Waals surface area contributed by atoms with E-state index in [2.05, 4.69) is 35.8 Å². The van der Waals surface area contributed by atoms with Crippen molar-refractivity contribution >= 4 is 0 Å². The summed E-state index contributed by atoms with van der Waals surface area (Å²) in [4.78, 5) is 4.96. The summed E-state index contributed by atoms with van der Waals surface area (Å²) in [7, 11) is 1.65. The van der Waals surface area contributed by atoms with E-state index in [1.807, 2.05) is 6.07 Å². The van der Waals surface area contributed by atoms with Gasteiger partial charge in [0.25, 0.3) is 0 Å². The lowest BCUT2D eigenvalue weighted by molar-refractivity contribution is 0.113. The van der Waals surface area contributed by atoms with Gasteiger partial charge in [-0.05, 0) is 42.4 Å². The first-order valence-electron chi connectivity index (χ1n) is 6.97. The van der Waals surface area contributed by atoms with Crippen LogP contribution in [-0.4, -0.2) is 7.11 Å². The molecular weight excluding hydrogens is 250 g/mol. The Labute approximate surface area is 119 Å². The van der Waals surface area contributed by atoms with Crippen molar-refractivity contribution in [2.24, 2.45) is 0 Å². The fourth-order valence-corrected chi connectivity index (χ4v) is 2.76. The Kier molecular flexibility index (Phi) is 3.88. The minimum absolute atomic E-state index is 0.587. The molecule has 1 atom stereocenters. The molecule has 1 aliphatic carbocycles. The SMILES string of the molecule is CONC1=CCC(c2cccc(-c3ccoc3)c2)CC1. The third-order valence-corrected chi connectivity index (χ3v) is 3.86. The van der Waals surface area contributed by atoms with E-state index in [0.29, 0.717) is 5.92 Å². The highest BCUT2D eigenvalue weighted by molar-refractivity contribution is 5.63. The Hall–Kier alpha value is -2.00. The molecule has 104 valence electrons. The van der Waals surface area contributed by atoms with Gasteiger partial charge in [0.2, 0.25) is 0 Å². The molecule has 0 radical (unpaired) electrons. The van der Waals surface area contributed by atoms with E-state index in [1.54, 1.807) is 19.6 Å². The Balaban J connectivity index is 1.77. The minimum Gasteiger partial charge on any atom is -0.472 e. The van der Waals surface area contributed by atoms with Crippen LogP contribution in [0, 0.1) is 0 Å². The van der Waals surface area contributed by atoms with Crippen molar-refractivity contribution in [2.45, 2.75) is 25.2 Å². The topological polar surface area (TPSA) is 34.4 Å². The molecule has 0 saturated heterocycles. The fraction of sp³-hybridized carbons (Fsp3) is 0.294. The van der Waals surface area contributed by atoms with Crippen LogP contribution in [0.4, 0.5) is 0 Å². The van der Waals surface area contributed by atoms with Crippen LogP contribution in [0.3, 0.4) is 0 Å². The van der Waals surface area contributed by atoms with Gasteiger partial charge in [-0.15, -0.1) is 0 Å². The zero-order valence-corrected chi connectivity index (χ0v) is 11.6. The third kappa shape index (κ3) is 2.78. The van der Waals surface area contributed by atoms with Gasteiger partial charge in [-0.3, -0.25) is 10.3 Å². The molecule has 0 aliphatic heterocycles. The smallest absolute Gasteiger partial charge is 0.0980 e. The van der Waals surface area contributed by atoms with Crippen molar-refractivity contribution in [1.82, 2.24) is 5.48 Å². The molecule has 1 aliphatic rings. The second-order valence-electron chi connectivity index (χ2n) is 5.14. The first-order chi connectivity index (χ1) is 9.86. The molecule has 0 fully saturated rings. The van der Waals surface area contributed by atoms with Gasteiger partial charge in [0, 0.05) is 11.3 Å². The van der Waals surface area contributed by atoms with Crippen molar-refractivity contribution in [2.75, 3.05) is 7.11 Å². The minimum atomic E-state index is 0.587. The number of furan rings is 1. The molecule has 3 heteroatoms. The van der Waals surface area contributed by atoms with E-state index in [4.69, 9.17) is 9.25 Å². The van der Waals surface area contributed by atoms with E-state index >= 15 is 0 Å². The van der Waals surface area contributed by atoms with Crippen molar-refractivity contribution in [3.63, 3.8) is 0 Å². The maximum Gasteiger partial charge on any atom is 0.0980 e. The maximum atomic E-state index is 5.16. The molecule has 3 rings (SSSR count). The number of rotatable bonds is 4. The molecule has 1 heterocycles. The van der Waals surface area contributed by atoms with Gasteiger partial charge in [-0.2, -0.15) is 0 Å². The van der Waals surface area contributed by atoms with Crippen LogP contribution in [-0.2, 0) is 4.84 Å². The molecule has 0 amide bonds. The summed E-state index contributed by atoms with van der Waals surface area (Å²) in [6.45, 7) is 0. The molecule has 0 saturated carbocycles. The summed E-state index contributed by atoms with van der Waals surface area (Å²) in [5.74, 6) is 0.587. The average molecular weight is 269 g/mol. The third-order valence-electron chi connectivity index (χ3n) is 3.86. The van der Waals surface area contributed by atoms with Gasteiger partial charge < -0.3 is 4.42 Å². The predicted molar refractivity (Wildman–Crippen MR) is 79.0 cm³/mol. The Morgan fingerprint density at radius 1 is 1.25 bits per heavy atom. The lowest BCUT2D eigenvalue weighted by Gasteiger charge is -2.22. The second kappa shape index (κ2) is 5.97. The van der Waals surface area contributed by atoms with E-state index in [9.17, 15) is 0 Å². The Morgan fingerprint density at radius 2 is 2.20 bits per heavy atom. The van der Waals surface area contributed by atoms with E-state index in [-0.39, 0.29) is 0 Å². The van der Waals surface area contributed by atoms with Crippen molar-refractivity contribution in [3.8, 4) is 11.1 Å². The van der Waals surface area contributed by atoms with Gasteiger partial charge in [-0.25, -0.2) is 0 Å². The molecule has 20 heavy (non-hydrogen) atoms. The van der Waals surface area contributed by atoms with Crippen LogP contribution in [0.2, 0.25) is 0 Å². The number of hydrogen-bond donors (Lipinski definition) is 1. The highest BCUT2D eigenvalue weighted by Gasteiger charge is 2.16. The highest BCUT2D eigenvalue weighted by Crippen LogP contribution is 2.33. The number of hydroxylamine groups is 1. The summed E-state index contributed by atoms with van der Waals surface area (Å²) < 4.78 is 5.16. The molecule has 1 unspecified atom stereocenters. The number of benzene rings is 1. The monoisotopic (exact) mass is 269 g/mol. The summed E-state index contributed by atoms with van der Waals surface area (Å²) in [6.07, 6.45) is 8.99. The summed E-state index contributed by atoms with van der Waals surface area (Å²) >= 11 is 0. The van der Waals surface area contributed by atoms with Gasteiger partial charge in [-0.1, -0.05) is 30.3 Å². The highest BCUT2D eigenvalue weighted by atomic mass is 16.6. The van der Waals surface area contributed by atoms with E-state index in [0.717, 1.165) is 24.8 Å². The van der Waals surface area contributed by atoms with Gasteiger partial charge in [0.15, 0.2) is 0 Å². The molecule has 2 aromatic rings. The lowest BCUT2D eigenvalue weighted by atomic mass is 9.85. The Morgan fingerprint density at radius 3 is 2.90 bits per heavy atom. The molecule has 3 nitrogen and oxygen atoms in total. The van der Waals surface area contributed by atoms with Gasteiger partial charge in [0.1, 0.15) is 0 Å². The number of allylic oxidation sites excluding steroid dienone is 2. The largest absolute Gasteiger partial charge is 0.472 e. The average Bonchev–Trinajstić information content (AvgIpc) is 3.03. The van der Waals surface area contributed by atoms with Crippen LogP contribution < -0.4 is 5.48 Å². The number of nitrogens with one attached hydrogen (secondary N) is 1. The summed E-state index contributed by atoms with van der Waals surface area (Å²) in [5, 5.41) is 0. The van der Waals surface area contributed by atoms with Crippen LogP contribution in [0.5, 0.6) is 0 Å². The molecule has 1 aromatic heterocycles.